The lowest BCUT2D eigenvalue weighted by Crippen LogP contribution is -2.45. The summed E-state index contributed by atoms with van der Waals surface area (Å²) in [5, 5.41) is 6.64. The second kappa shape index (κ2) is 15.0. The summed E-state index contributed by atoms with van der Waals surface area (Å²) in [6.45, 7) is 13.2. The SMILES string of the molecule is CCCCOCCOCCNC(=NCc1cccnc1N1CCN(C)CC1)NCC. The molecule has 0 spiro atoms. The zero-order chi connectivity index (χ0) is 21.4. The molecule has 1 aliphatic heterocycles. The summed E-state index contributed by atoms with van der Waals surface area (Å²) in [6, 6.07) is 4.11. The number of anilines is 1. The molecule has 8 nitrogen and oxygen atoms in total. The van der Waals surface area contributed by atoms with Gasteiger partial charge >= 0.3 is 0 Å². The maximum absolute atomic E-state index is 5.62. The molecule has 0 amide bonds. The van der Waals surface area contributed by atoms with Crippen molar-refractivity contribution in [2.45, 2.75) is 33.2 Å². The van der Waals surface area contributed by atoms with Crippen molar-refractivity contribution in [3.8, 4) is 0 Å². The van der Waals surface area contributed by atoms with Crippen LogP contribution in [-0.4, -0.2) is 88.6 Å². The standard InChI is InChI=1S/C22H40N6O2/c1-4-6-15-29-17-18-30-16-10-25-22(23-5-2)26-19-20-8-7-9-24-21(20)28-13-11-27(3)12-14-28/h7-9H,4-6,10-19H2,1-3H3,(H2,23,25,26). The number of ether oxygens (including phenoxy) is 2. The monoisotopic (exact) mass is 420 g/mol. The van der Waals surface area contributed by atoms with Crippen molar-refractivity contribution in [2.24, 2.45) is 4.99 Å². The third kappa shape index (κ3) is 9.28. The first-order valence-corrected chi connectivity index (χ1v) is 11.3. The molecule has 1 aromatic heterocycles. The van der Waals surface area contributed by atoms with Crippen molar-refractivity contribution in [1.29, 1.82) is 0 Å². The molecule has 0 unspecified atom stereocenters. The highest BCUT2D eigenvalue weighted by molar-refractivity contribution is 5.79. The van der Waals surface area contributed by atoms with Crippen molar-refractivity contribution < 1.29 is 9.47 Å². The van der Waals surface area contributed by atoms with E-state index in [2.05, 4.69) is 52.4 Å². The van der Waals surface area contributed by atoms with E-state index in [1.165, 1.54) is 0 Å². The van der Waals surface area contributed by atoms with Crippen LogP contribution in [0.5, 0.6) is 0 Å². The summed E-state index contributed by atoms with van der Waals surface area (Å²) in [5.41, 5.74) is 1.15. The Balaban J connectivity index is 1.77. The normalized spacial score (nSPS) is 15.4. The van der Waals surface area contributed by atoms with Gasteiger partial charge in [0.1, 0.15) is 5.82 Å². The van der Waals surface area contributed by atoms with E-state index in [-0.39, 0.29) is 0 Å². The largest absolute Gasteiger partial charge is 0.379 e. The molecule has 8 heteroatoms. The highest BCUT2D eigenvalue weighted by atomic mass is 16.5. The van der Waals surface area contributed by atoms with Crippen molar-refractivity contribution >= 4 is 11.8 Å². The number of nitrogens with one attached hydrogen (secondary N) is 2. The van der Waals surface area contributed by atoms with Gasteiger partial charge in [-0.2, -0.15) is 0 Å². The van der Waals surface area contributed by atoms with Crippen LogP contribution in [0.3, 0.4) is 0 Å². The van der Waals surface area contributed by atoms with E-state index < -0.39 is 0 Å². The lowest BCUT2D eigenvalue weighted by Gasteiger charge is -2.34. The zero-order valence-electron chi connectivity index (χ0n) is 19.0. The van der Waals surface area contributed by atoms with E-state index in [9.17, 15) is 0 Å². The van der Waals surface area contributed by atoms with Crippen LogP contribution in [0.4, 0.5) is 5.82 Å². The van der Waals surface area contributed by atoms with E-state index in [0.717, 1.165) is 69.5 Å². The maximum Gasteiger partial charge on any atom is 0.191 e. The maximum atomic E-state index is 5.62. The minimum atomic E-state index is 0.594. The van der Waals surface area contributed by atoms with Gasteiger partial charge < -0.3 is 29.9 Å². The van der Waals surface area contributed by atoms with Gasteiger partial charge in [0.25, 0.3) is 0 Å². The van der Waals surface area contributed by atoms with Crippen LogP contribution in [-0.2, 0) is 16.0 Å². The molecule has 1 aliphatic rings. The van der Waals surface area contributed by atoms with Gasteiger partial charge in [0.05, 0.1) is 26.4 Å². The molecule has 0 saturated carbocycles. The molecular formula is C22H40N6O2. The second-order valence-corrected chi connectivity index (χ2v) is 7.48. The van der Waals surface area contributed by atoms with Crippen molar-refractivity contribution in [1.82, 2.24) is 20.5 Å². The van der Waals surface area contributed by atoms with Crippen LogP contribution >= 0.6 is 0 Å². The Kier molecular flexibility index (Phi) is 12.2. The number of guanidine groups is 1. The van der Waals surface area contributed by atoms with Crippen molar-refractivity contribution in [3.05, 3.63) is 23.9 Å². The fraction of sp³-hybridized carbons (Fsp3) is 0.727. The average molecular weight is 421 g/mol. The summed E-state index contributed by atoms with van der Waals surface area (Å²) in [7, 11) is 2.17. The first-order chi connectivity index (χ1) is 14.7. The molecule has 0 bridgehead atoms. The average Bonchev–Trinajstić information content (AvgIpc) is 2.77. The van der Waals surface area contributed by atoms with Gasteiger partial charge in [-0.15, -0.1) is 0 Å². The predicted molar refractivity (Wildman–Crippen MR) is 123 cm³/mol. The van der Waals surface area contributed by atoms with Gasteiger partial charge in [-0.05, 0) is 26.5 Å². The molecule has 0 aliphatic carbocycles. The Morgan fingerprint density at radius 2 is 1.83 bits per heavy atom. The van der Waals surface area contributed by atoms with E-state index in [1.807, 2.05) is 12.3 Å². The quantitative estimate of drug-likeness (QED) is 0.286. The number of likely N-dealkylation sites (N-methyl/N-ethyl adjacent to an activating group) is 1. The summed E-state index contributed by atoms with van der Waals surface area (Å²) in [5.74, 6) is 1.85. The molecule has 1 aromatic rings. The molecule has 2 N–H and O–H groups in total. The minimum Gasteiger partial charge on any atom is -0.379 e. The number of aliphatic imine (C=N–C) groups is 1. The summed E-state index contributed by atoms with van der Waals surface area (Å²) < 4.78 is 11.1. The minimum absolute atomic E-state index is 0.594. The third-order valence-corrected chi connectivity index (χ3v) is 4.98. The fourth-order valence-electron chi connectivity index (χ4n) is 3.17. The number of hydrogen-bond acceptors (Lipinski definition) is 6. The Labute approximate surface area is 182 Å². The molecule has 0 atom stereocenters. The first kappa shape index (κ1) is 24.4. The molecule has 0 aromatic carbocycles. The van der Waals surface area contributed by atoms with Crippen LogP contribution < -0.4 is 15.5 Å². The van der Waals surface area contributed by atoms with Gasteiger partial charge in [0.15, 0.2) is 5.96 Å². The number of pyridine rings is 1. The summed E-state index contributed by atoms with van der Waals surface area (Å²) in [4.78, 5) is 14.1. The van der Waals surface area contributed by atoms with Gasteiger partial charge in [-0.25, -0.2) is 9.98 Å². The number of rotatable bonds is 13. The Hall–Kier alpha value is -1.90. The van der Waals surface area contributed by atoms with E-state index in [0.29, 0.717) is 32.9 Å². The molecule has 1 fully saturated rings. The lowest BCUT2D eigenvalue weighted by molar-refractivity contribution is 0.0487. The highest BCUT2D eigenvalue weighted by Gasteiger charge is 2.17. The molecule has 2 heterocycles. The summed E-state index contributed by atoms with van der Waals surface area (Å²) in [6.07, 6.45) is 4.14. The van der Waals surface area contributed by atoms with E-state index >= 15 is 0 Å². The zero-order valence-corrected chi connectivity index (χ0v) is 19.0. The lowest BCUT2D eigenvalue weighted by atomic mass is 10.2. The number of nitrogens with zero attached hydrogens (tertiary/aromatic N) is 4. The topological polar surface area (TPSA) is 74.2 Å². The van der Waals surface area contributed by atoms with Crippen molar-refractivity contribution in [2.75, 3.05) is 77.6 Å². The molecule has 1 saturated heterocycles. The van der Waals surface area contributed by atoms with Crippen LogP contribution in [0.15, 0.2) is 23.3 Å². The second-order valence-electron chi connectivity index (χ2n) is 7.48. The molecule has 30 heavy (non-hydrogen) atoms. The predicted octanol–water partition coefficient (Wildman–Crippen LogP) is 1.72. The van der Waals surface area contributed by atoms with E-state index in [1.54, 1.807) is 0 Å². The van der Waals surface area contributed by atoms with Crippen LogP contribution in [0.2, 0.25) is 0 Å². The number of aromatic nitrogens is 1. The smallest absolute Gasteiger partial charge is 0.191 e. The van der Waals surface area contributed by atoms with Gasteiger partial charge in [-0.1, -0.05) is 19.4 Å². The Morgan fingerprint density at radius 1 is 1.07 bits per heavy atom. The van der Waals surface area contributed by atoms with Gasteiger partial charge in [-0.3, -0.25) is 0 Å². The van der Waals surface area contributed by atoms with Gasteiger partial charge in [0, 0.05) is 57.6 Å². The van der Waals surface area contributed by atoms with Crippen LogP contribution in [0.1, 0.15) is 32.3 Å². The number of piperazine rings is 1. The van der Waals surface area contributed by atoms with Crippen molar-refractivity contribution in [3.63, 3.8) is 0 Å². The van der Waals surface area contributed by atoms with Gasteiger partial charge in [0.2, 0.25) is 0 Å². The van der Waals surface area contributed by atoms with E-state index in [4.69, 9.17) is 14.5 Å². The molecular weight excluding hydrogens is 380 g/mol. The van der Waals surface area contributed by atoms with Crippen LogP contribution in [0.25, 0.3) is 0 Å². The number of unbranched alkanes of at least 4 members (excludes halogenated alkanes) is 1. The molecule has 170 valence electrons. The Morgan fingerprint density at radius 3 is 2.57 bits per heavy atom. The fourth-order valence-corrected chi connectivity index (χ4v) is 3.17. The number of hydrogen-bond donors (Lipinski definition) is 2. The summed E-state index contributed by atoms with van der Waals surface area (Å²) >= 11 is 0. The third-order valence-electron chi connectivity index (χ3n) is 4.98. The highest BCUT2D eigenvalue weighted by Crippen LogP contribution is 2.19. The Bertz CT molecular complexity index is 605. The first-order valence-electron chi connectivity index (χ1n) is 11.3. The van der Waals surface area contributed by atoms with Crippen LogP contribution in [0, 0.1) is 0 Å². The molecule has 0 radical (unpaired) electrons. The molecule has 2 rings (SSSR count).